The Morgan fingerprint density at radius 2 is 1.89 bits per heavy atom. The van der Waals surface area contributed by atoms with E-state index in [9.17, 15) is 9.18 Å². The van der Waals surface area contributed by atoms with E-state index in [1.165, 1.54) is 18.2 Å². The van der Waals surface area contributed by atoms with Crippen molar-refractivity contribution in [2.24, 2.45) is 0 Å². The third kappa shape index (κ3) is 4.98. The molecule has 2 aromatic rings. The number of nitrogens with one attached hydrogen (secondary N) is 2. The van der Waals surface area contributed by atoms with Crippen molar-refractivity contribution in [1.29, 1.82) is 0 Å². The molecular formula is C20H22ClFN4OS. The first kappa shape index (κ1) is 20.5. The van der Waals surface area contributed by atoms with Crippen LogP contribution in [0.15, 0.2) is 42.5 Å². The van der Waals surface area contributed by atoms with Crippen LogP contribution in [0, 0.1) is 5.82 Å². The number of likely N-dealkylation sites (N-methyl/N-ethyl adjacent to an activating group) is 1. The second kappa shape index (κ2) is 9.32. The monoisotopic (exact) mass is 420 g/mol. The fraction of sp³-hybridized carbons (Fsp3) is 0.300. The fourth-order valence-corrected chi connectivity index (χ4v) is 3.63. The lowest BCUT2D eigenvalue weighted by molar-refractivity contribution is 0.0974. The molecule has 0 unspecified atom stereocenters. The lowest BCUT2D eigenvalue weighted by Crippen LogP contribution is -2.46. The molecule has 28 heavy (non-hydrogen) atoms. The zero-order valence-electron chi connectivity index (χ0n) is 15.5. The summed E-state index contributed by atoms with van der Waals surface area (Å²) in [7, 11) is 0. The zero-order chi connectivity index (χ0) is 20.1. The van der Waals surface area contributed by atoms with Crippen molar-refractivity contribution in [2.45, 2.75) is 6.92 Å². The highest BCUT2D eigenvalue weighted by molar-refractivity contribution is 7.80. The van der Waals surface area contributed by atoms with Gasteiger partial charge in [-0.15, -0.1) is 0 Å². The van der Waals surface area contributed by atoms with Gasteiger partial charge >= 0.3 is 0 Å². The Kier molecular flexibility index (Phi) is 6.83. The van der Waals surface area contributed by atoms with Gasteiger partial charge in [-0.05, 0) is 49.1 Å². The van der Waals surface area contributed by atoms with Crippen LogP contribution in [0.2, 0.25) is 5.02 Å². The van der Waals surface area contributed by atoms with Gasteiger partial charge in [-0.25, -0.2) is 4.39 Å². The molecule has 2 N–H and O–H groups in total. The van der Waals surface area contributed by atoms with Gasteiger partial charge in [-0.3, -0.25) is 10.1 Å². The predicted octanol–water partition coefficient (Wildman–Crippen LogP) is 3.75. The van der Waals surface area contributed by atoms with E-state index in [1.807, 2.05) is 12.1 Å². The third-order valence-electron chi connectivity index (χ3n) is 4.71. The first-order chi connectivity index (χ1) is 13.5. The summed E-state index contributed by atoms with van der Waals surface area (Å²) in [5.41, 5.74) is 1.57. The smallest absolute Gasteiger partial charge is 0.260 e. The van der Waals surface area contributed by atoms with Crippen LogP contribution in [0.25, 0.3) is 0 Å². The van der Waals surface area contributed by atoms with Gasteiger partial charge in [-0.2, -0.15) is 0 Å². The Morgan fingerprint density at radius 3 is 2.54 bits per heavy atom. The zero-order valence-corrected chi connectivity index (χ0v) is 17.1. The van der Waals surface area contributed by atoms with Gasteiger partial charge in [0.15, 0.2) is 5.11 Å². The number of thiocarbonyl (C=S) groups is 1. The first-order valence-corrected chi connectivity index (χ1v) is 9.90. The fourth-order valence-electron chi connectivity index (χ4n) is 3.12. The van der Waals surface area contributed by atoms with Gasteiger partial charge < -0.3 is 15.1 Å². The Bertz CT molecular complexity index is 871. The normalized spacial score (nSPS) is 14.6. The highest BCUT2D eigenvalue weighted by Crippen LogP contribution is 2.29. The molecule has 0 bridgehead atoms. The summed E-state index contributed by atoms with van der Waals surface area (Å²) in [6.07, 6.45) is 0. The number of anilines is 2. The highest BCUT2D eigenvalue weighted by Gasteiger charge is 2.18. The van der Waals surface area contributed by atoms with Crippen molar-refractivity contribution in [3.05, 3.63) is 58.9 Å². The Labute approximate surface area is 174 Å². The van der Waals surface area contributed by atoms with Crippen molar-refractivity contribution in [3.8, 4) is 0 Å². The quantitative estimate of drug-likeness (QED) is 0.738. The van der Waals surface area contributed by atoms with E-state index in [-0.39, 0.29) is 10.7 Å². The Morgan fingerprint density at radius 1 is 1.18 bits per heavy atom. The molecule has 0 saturated carbocycles. The predicted molar refractivity (Wildman–Crippen MR) is 116 cm³/mol. The van der Waals surface area contributed by atoms with Gasteiger partial charge in [0.1, 0.15) is 5.82 Å². The molecule has 1 aliphatic heterocycles. The summed E-state index contributed by atoms with van der Waals surface area (Å²) in [4.78, 5) is 16.8. The maximum Gasteiger partial charge on any atom is 0.260 e. The van der Waals surface area contributed by atoms with E-state index in [4.69, 9.17) is 23.8 Å². The summed E-state index contributed by atoms with van der Waals surface area (Å²) in [5.74, 6) is -1.20. The van der Waals surface area contributed by atoms with E-state index in [2.05, 4.69) is 27.4 Å². The van der Waals surface area contributed by atoms with E-state index >= 15 is 0 Å². The minimum absolute atomic E-state index is 0.0637. The van der Waals surface area contributed by atoms with Crippen LogP contribution in [0.4, 0.5) is 15.8 Å². The molecule has 1 saturated heterocycles. The van der Waals surface area contributed by atoms with Gasteiger partial charge in [0, 0.05) is 31.9 Å². The van der Waals surface area contributed by atoms with Crippen molar-refractivity contribution in [2.75, 3.05) is 42.9 Å². The summed E-state index contributed by atoms with van der Waals surface area (Å²) in [5, 5.41) is 6.08. The second-order valence-electron chi connectivity index (χ2n) is 6.48. The highest BCUT2D eigenvalue weighted by atomic mass is 35.5. The van der Waals surface area contributed by atoms with Crippen LogP contribution in [0.5, 0.6) is 0 Å². The van der Waals surface area contributed by atoms with Crippen LogP contribution < -0.4 is 15.5 Å². The molecule has 0 atom stereocenters. The number of hydrogen-bond acceptors (Lipinski definition) is 4. The number of benzene rings is 2. The molecule has 2 aromatic carbocycles. The molecule has 0 spiro atoms. The number of piperazine rings is 1. The molecule has 0 aromatic heterocycles. The number of hydrogen-bond donors (Lipinski definition) is 2. The summed E-state index contributed by atoms with van der Waals surface area (Å²) >= 11 is 11.6. The van der Waals surface area contributed by atoms with Crippen LogP contribution in [0.3, 0.4) is 0 Å². The first-order valence-electron chi connectivity index (χ1n) is 9.11. The molecule has 148 valence electrons. The molecule has 1 heterocycles. The Balaban J connectivity index is 1.60. The second-order valence-corrected chi connectivity index (χ2v) is 7.29. The molecule has 1 amide bonds. The standard InChI is InChI=1S/C20H22ClFN4OS/c1-2-25-9-11-26(12-10-25)18-8-7-14(13-16(18)21)23-20(28)24-19(27)15-5-3-4-6-17(15)22/h3-8,13H,2,9-12H2,1H3,(H2,23,24,27,28). The number of halogens is 2. The summed E-state index contributed by atoms with van der Waals surface area (Å²) in [6, 6.07) is 11.3. The molecule has 1 fully saturated rings. The van der Waals surface area contributed by atoms with Gasteiger partial charge in [0.2, 0.25) is 0 Å². The van der Waals surface area contributed by atoms with Gasteiger partial charge in [0.25, 0.3) is 5.91 Å². The lowest BCUT2D eigenvalue weighted by Gasteiger charge is -2.36. The van der Waals surface area contributed by atoms with Crippen LogP contribution >= 0.6 is 23.8 Å². The Hall–Kier alpha value is -2.22. The van der Waals surface area contributed by atoms with E-state index in [0.29, 0.717) is 10.7 Å². The number of nitrogens with zero attached hydrogens (tertiary/aromatic N) is 2. The third-order valence-corrected chi connectivity index (χ3v) is 5.22. The van der Waals surface area contributed by atoms with Crippen LogP contribution in [-0.4, -0.2) is 48.6 Å². The number of carbonyl (C=O) groups excluding carboxylic acids is 1. The van der Waals surface area contributed by atoms with Crippen molar-refractivity contribution in [1.82, 2.24) is 10.2 Å². The van der Waals surface area contributed by atoms with Gasteiger partial charge in [0.05, 0.1) is 16.3 Å². The van der Waals surface area contributed by atoms with E-state index in [1.54, 1.807) is 12.1 Å². The van der Waals surface area contributed by atoms with Crippen LogP contribution in [-0.2, 0) is 0 Å². The number of amides is 1. The van der Waals surface area contributed by atoms with Crippen molar-refractivity contribution >= 4 is 46.2 Å². The molecule has 5 nitrogen and oxygen atoms in total. The number of carbonyl (C=O) groups is 1. The topological polar surface area (TPSA) is 47.6 Å². The van der Waals surface area contributed by atoms with Crippen LogP contribution in [0.1, 0.15) is 17.3 Å². The molecular weight excluding hydrogens is 399 g/mol. The summed E-state index contributed by atoms with van der Waals surface area (Å²) < 4.78 is 13.7. The van der Waals surface area contributed by atoms with E-state index < -0.39 is 11.7 Å². The maximum absolute atomic E-state index is 13.7. The largest absolute Gasteiger partial charge is 0.368 e. The van der Waals surface area contributed by atoms with Crippen molar-refractivity contribution in [3.63, 3.8) is 0 Å². The van der Waals surface area contributed by atoms with Gasteiger partial charge in [-0.1, -0.05) is 30.7 Å². The molecule has 1 aliphatic rings. The molecule has 8 heteroatoms. The van der Waals surface area contributed by atoms with E-state index in [0.717, 1.165) is 38.4 Å². The average Bonchev–Trinajstić information content (AvgIpc) is 2.68. The minimum atomic E-state index is -0.605. The SMILES string of the molecule is CCN1CCN(c2ccc(NC(=S)NC(=O)c3ccccc3F)cc2Cl)CC1. The molecule has 3 rings (SSSR count). The molecule has 0 aliphatic carbocycles. The number of rotatable bonds is 4. The lowest BCUT2D eigenvalue weighted by atomic mass is 10.2. The maximum atomic E-state index is 13.7. The average molecular weight is 421 g/mol. The minimum Gasteiger partial charge on any atom is -0.368 e. The molecule has 0 radical (unpaired) electrons. The van der Waals surface area contributed by atoms with Crippen molar-refractivity contribution < 1.29 is 9.18 Å². The summed E-state index contributed by atoms with van der Waals surface area (Å²) in [6.45, 7) is 7.10.